The highest BCUT2D eigenvalue weighted by atomic mass is 19.1. The van der Waals surface area contributed by atoms with Gasteiger partial charge >= 0.3 is 0 Å². The molecule has 1 unspecified atom stereocenters. The van der Waals surface area contributed by atoms with Crippen LogP contribution in [-0.2, 0) is 4.79 Å². The van der Waals surface area contributed by atoms with Crippen LogP contribution >= 0.6 is 0 Å². The highest BCUT2D eigenvalue weighted by molar-refractivity contribution is 6.10. The molecule has 96 valence electrons. The van der Waals surface area contributed by atoms with Crippen LogP contribution in [0.2, 0.25) is 0 Å². The smallest absolute Gasteiger partial charge is 0.249 e. The van der Waals surface area contributed by atoms with Gasteiger partial charge in [-0.25, -0.2) is 4.39 Å². The van der Waals surface area contributed by atoms with Crippen molar-refractivity contribution in [2.45, 2.75) is 33.2 Å². The number of benzodiazepines with no additional fused rings is 1. The molecule has 0 aromatic heterocycles. The molecule has 1 aliphatic heterocycles. The Balaban J connectivity index is 2.39. The Bertz CT molecular complexity index is 509. The molecule has 0 aliphatic carbocycles. The molecule has 0 radical (unpaired) electrons. The zero-order valence-electron chi connectivity index (χ0n) is 10.8. The Morgan fingerprint density at radius 1 is 1.44 bits per heavy atom. The van der Waals surface area contributed by atoms with Crippen molar-refractivity contribution in [1.29, 1.82) is 0 Å². The van der Waals surface area contributed by atoms with Crippen molar-refractivity contribution in [2.24, 2.45) is 10.9 Å². The van der Waals surface area contributed by atoms with Crippen LogP contribution in [0.25, 0.3) is 0 Å². The van der Waals surface area contributed by atoms with E-state index in [1.54, 1.807) is 6.07 Å². The van der Waals surface area contributed by atoms with Crippen LogP contribution < -0.4 is 5.32 Å². The number of nitrogens with zero attached hydrogens (tertiary/aromatic N) is 1. The molecule has 0 bridgehead atoms. The second-order valence-corrected chi connectivity index (χ2v) is 5.04. The van der Waals surface area contributed by atoms with E-state index in [2.05, 4.69) is 24.2 Å². The lowest BCUT2D eigenvalue weighted by atomic mass is 10.0. The fourth-order valence-corrected chi connectivity index (χ4v) is 2.12. The third-order valence-electron chi connectivity index (χ3n) is 2.98. The van der Waals surface area contributed by atoms with Gasteiger partial charge in [0.1, 0.15) is 11.9 Å². The first-order chi connectivity index (χ1) is 8.47. The zero-order chi connectivity index (χ0) is 13.3. The Labute approximate surface area is 106 Å². The summed E-state index contributed by atoms with van der Waals surface area (Å²) in [6, 6.07) is 3.98. The van der Waals surface area contributed by atoms with Gasteiger partial charge in [-0.3, -0.25) is 9.79 Å². The molecule has 1 aliphatic rings. The molecule has 1 atom stereocenters. The normalized spacial score (nSPS) is 19.1. The van der Waals surface area contributed by atoms with Crippen molar-refractivity contribution in [3.8, 4) is 0 Å². The molecular formula is C14H17FN2O. The molecule has 1 amide bonds. The molecule has 2 rings (SSSR count). The lowest BCUT2D eigenvalue weighted by Gasteiger charge is -2.12. The van der Waals surface area contributed by atoms with E-state index < -0.39 is 0 Å². The van der Waals surface area contributed by atoms with Crippen molar-refractivity contribution in [1.82, 2.24) is 0 Å². The summed E-state index contributed by atoms with van der Waals surface area (Å²) in [4.78, 5) is 16.5. The zero-order valence-corrected chi connectivity index (χ0v) is 10.8. The van der Waals surface area contributed by atoms with Gasteiger partial charge in [0, 0.05) is 11.3 Å². The fraction of sp³-hybridized carbons (Fsp3) is 0.429. The van der Waals surface area contributed by atoms with Gasteiger partial charge in [0.15, 0.2) is 0 Å². The largest absolute Gasteiger partial charge is 0.324 e. The molecule has 0 saturated heterocycles. The number of hydrogen-bond acceptors (Lipinski definition) is 2. The Morgan fingerprint density at radius 2 is 2.17 bits per heavy atom. The van der Waals surface area contributed by atoms with Crippen LogP contribution in [0.3, 0.4) is 0 Å². The summed E-state index contributed by atoms with van der Waals surface area (Å²) >= 11 is 0. The first-order valence-electron chi connectivity index (χ1n) is 6.12. The second kappa shape index (κ2) is 4.88. The molecule has 1 N–H and O–H groups in total. The number of benzene rings is 1. The molecule has 18 heavy (non-hydrogen) atoms. The van der Waals surface area contributed by atoms with Crippen LogP contribution in [0.15, 0.2) is 23.2 Å². The average molecular weight is 248 g/mol. The molecule has 3 nitrogen and oxygen atoms in total. The number of rotatable bonds is 2. The first-order valence-corrected chi connectivity index (χ1v) is 6.12. The first kappa shape index (κ1) is 12.7. The van der Waals surface area contributed by atoms with E-state index in [0.717, 1.165) is 11.3 Å². The average Bonchev–Trinajstić information content (AvgIpc) is 2.36. The Morgan fingerprint density at radius 3 is 2.83 bits per heavy atom. The van der Waals surface area contributed by atoms with Crippen LogP contribution in [0.1, 0.15) is 32.8 Å². The number of fused-ring (bicyclic) bond motifs is 1. The third kappa shape index (κ3) is 2.58. The van der Waals surface area contributed by atoms with Gasteiger partial charge in [-0.15, -0.1) is 0 Å². The number of hydrogen-bond donors (Lipinski definition) is 1. The molecule has 0 saturated carbocycles. The minimum atomic E-state index is -0.388. The fourth-order valence-electron chi connectivity index (χ4n) is 2.12. The van der Waals surface area contributed by atoms with Gasteiger partial charge in [0.25, 0.3) is 0 Å². The maximum Gasteiger partial charge on any atom is 0.249 e. The van der Waals surface area contributed by atoms with E-state index in [1.807, 2.05) is 6.92 Å². The molecule has 1 heterocycles. The van der Waals surface area contributed by atoms with Gasteiger partial charge in [0.2, 0.25) is 5.91 Å². The standard InChI is InChI=1S/C14H17FN2O/c1-8(2)6-13-14(18)17-12-7-10(15)4-5-11(12)9(3)16-13/h4-5,7-8,13H,6H2,1-3H3,(H,17,18). The third-order valence-corrected chi connectivity index (χ3v) is 2.98. The predicted molar refractivity (Wildman–Crippen MR) is 70.5 cm³/mol. The molecule has 1 aromatic carbocycles. The molecule has 4 heteroatoms. The van der Waals surface area contributed by atoms with Crippen LogP contribution in [0.4, 0.5) is 10.1 Å². The van der Waals surface area contributed by atoms with Gasteiger partial charge in [-0.2, -0.15) is 0 Å². The summed E-state index contributed by atoms with van der Waals surface area (Å²) in [5.41, 5.74) is 2.07. The lowest BCUT2D eigenvalue weighted by molar-refractivity contribution is -0.117. The molecule has 0 fully saturated rings. The van der Waals surface area contributed by atoms with Gasteiger partial charge in [-0.05, 0) is 37.5 Å². The number of halogens is 1. The number of carbonyl (C=O) groups excluding carboxylic acids is 1. The van der Waals surface area contributed by atoms with Gasteiger partial charge < -0.3 is 5.32 Å². The maximum absolute atomic E-state index is 13.2. The summed E-state index contributed by atoms with van der Waals surface area (Å²) in [5.74, 6) is -0.133. The highest BCUT2D eigenvalue weighted by Crippen LogP contribution is 2.23. The van der Waals surface area contributed by atoms with Crippen molar-refractivity contribution >= 4 is 17.3 Å². The molecule has 1 aromatic rings. The minimum Gasteiger partial charge on any atom is -0.324 e. The monoisotopic (exact) mass is 248 g/mol. The lowest BCUT2D eigenvalue weighted by Crippen LogP contribution is -2.26. The van der Waals surface area contributed by atoms with E-state index in [1.165, 1.54) is 12.1 Å². The van der Waals surface area contributed by atoms with E-state index in [-0.39, 0.29) is 17.8 Å². The van der Waals surface area contributed by atoms with E-state index in [4.69, 9.17) is 0 Å². The maximum atomic E-state index is 13.2. The second-order valence-electron chi connectivity index (χ2n) is 5.04. The number of carbonyl (C=O) groups is 1. The quantitative estimate of drug-likeness (QED) is 0.858. The Kier molecular flexibility index (Phi) is 3.45. The molecule has 0 spiro atoms. The Hall–Kier alpha value is -1.71. The summed E-state index contributed by atoms with van der Waals surface area (Å²) in [6.07, 6.45) is 0.694. The summed E-state index contributed by atoms with van der Waals surface area (Å²) < 4.78 is 13.2. The van der Waals surface area contributed by atoms with Gasteiger partial charge in [0.05, 0.1) is 5.69 Å². The van der Waals surface area contributed by atoms with Crippen LogP contribution in [0.5, 0.6) is 0 Å². The van der Waals surface area contributed by atoms with Crippen molar-refractivity contribution in [3.63, 3.8) is 0 Å². The van der Waals surface area contributed by atoms with Gasteiger partial charge in [-0.1, -0.05) is 13.8 Å². The number of anilines is 1. The van der Waals surface area contributed by atoms with Crippen molar-refractivity contribution in [2.75, 3.05) is 5.32 Å². The number of nitrogens with one attached hydrogen (secondary N) is 1. The number of aliphatic imine (C=N–C) groups is 1. The van der Waals surface area contributed by atoms with Crippen LogP contribution in [0, 0.1) is 11.7 Å². The van der Waals surface area contributed by atoms with Crippen molar-refractivity contribution in [3.05, 3.63) is 29.6 Å². The molecular weight excluding hydrogens is 231 g/mol. The predicted octanol–water partition coefficient (Wildman–Crippen LogP) is 3.00. The highest BCUT2D eigenvalue weighted by Gasteiger charge is 2.24. The topological polar surface area (TPSA) is 41.5 Å². The van der Waals surface area contributed by atoms with E-state index >= 15 is 0 Å². The van der Waals surface area contributed by atoms with E-state index in [9.17, 15) is 9.18 Å². The SMILES string of the molecule is CC1=NC(CC(C)C)C(=O)Nc2cc(F)ccc21. The number of amides is 1. The summed E-state index contributed by atoms with van der Waals surface area (Å²) in [7, 11) is 0. The summed E-state index contributed by atoms with van der Waals surface area (Å²) in [5, 5.41) is 2.76. The summed E-state index contributed by atoms with van der Waals surface area (Å²) in [6.45, 7) is 5.95. The van der Waals surface area contributed by atoms with Crippen LogP contribution in [-0.4, -0.2) is 17.7 Å². The van der Waals surface area contributed by atoms with Crippen molar-refractivity contribution < 1.29 is 9.18 Å². The van der Waals surface area contributed by atoms with E-state index in [0.29, 0.717) is 18.0 Å². The minimum absolute atomic E-state index is 0.160.